The number of hydrogen-bond acceptors (Lipinski definition) is 3. The Bertz CT molecular complexity index is 278. The molecule has 5 heteroatoms. The Kier molecular flexibility index (Phi) is 5.72. The van der Waals surface area contributed by atoms with E-state index in [1.165, 1.54) is 0 Å². The largest absolute Gasteiger partial charge is 0.315 e. The standard InChI is InChI=1S/C11H24N2O2S/c1-3-11(4-2)10-16(14,15)13-8-5-6-12-7-9-13/h11-12H,3-10H2,1-2H3. The van der Waals surface area contributed by atoms with Gasteiger partial charge >= 0.3 is 0 Å². The first-order chi connectivity index (χ1) is 7.60. The van der Waals surface area contributed by atoms with Crippen molar-refractivity contribution in [3.63, 3.8) is 0 Å². The van der Waals surface area contributed by atoms with Crippen molar-refractivity contribution in [3.05, 3.63) is 0 Å². The maximum Gasteiger partial charge on any atom is 0.214 e. The van der Waals surface area contributed by atoms with E-state index < -0.39 is 10.0 Å². The maximum atomic E-state index is 12.2. The lowest BCUT2D eigenvalue weighted by Gasteiger charge is -2.22. The van der Waals surface area contributed by atoms with E-state index in [-0.39, 0.29) is 0 Å². The smallest absolute Gasteiger partial charge is 0.214 e. The molecule has 0 aliphatic carbocycles. The van der Waals surface area contributed by atoms with Crippen molar-refractivity contribution >= 4 is 10.0 Å². The van der Waals surface area contributed by atoms with E-state index in [4.69, 9.17) is 0 Å². The zero-order chi connectivity index (χ0) is 12.0. The van der Waals surface area contributed by atoms with Crippen LogP contribution in [0, 0.1) is 5.92 Å². The Balaban J connectivity index is 2.60. The average Bonchev–Trinajstić information content (AvgIpc) is 2.54. The molecule has 4 nitrogen and oxygen atoms in total. The summed E-state index contributed by atoms with van der Waals surface area (Å²) >= 11 is 0. The Morgan fingerprint density at radius 3 is 2.50 bits per heavy atom. The van der Waals surface area contributed by atoms with E-state index in [9.17, 15) is 8.42 Å². The minimum Gasteiger partial charge on any atom is -0.315 e. The SMILES string of the molecule is CCC(CC)CS(=O)(=O)N1CCCNCC1. The van der Waals surface area contributed by atoms with Gasteiger partial charge in [0, 0.05) is 19.6 Å². The van der Waals surface area contributed by atoms with Gasteiger partial charge < -0.3 is 5.32 Å². The number of sulfonamides is 1. The van der Waals surface area contributed by atoms with Crippen LogP contribution in [0.1, 0.15) is 33.1 Å². The molecule has 0 unspecified atom stereocenters. The average molecular weight is 248 g/mol. The molecule has 1 fully saturated rings. The molecule has 1 N–H and O–H groups in total. The third kappa shape index (κ3) is 4.03. The summed E-state index contributed by atoms with van der Waals surface area (Å²) in [6.45, 7) is 7.14. The van der Waals surface area contributed by atoms with Crippen LogP contribution >= 0.6 is 0 Å². The number of rotatable bonds is 5. The van der Waals surface area contributed by atoms with Crippen LogP contribution in [0.5, 0.6) is 0 Å². The Labute approximate surface area is 99.5 Å². The highest BCUT2D eigenvalue weighted by atomic mass is 32.2. The zero-order valence-electron chi connectivity index (χ0n) is 10.4. The quantitative estimate of drug-likeness (QED) is 0.791. The second-order valence-corrected chi connectivity index (χ2v) is 6.48. The van der Waals surface area contributed by atoms with Gasteiger partial charge in [0.25, 0.3) is 0 Å². The van der Waals surface area contributed by atoms with Gasteiger partial charge in [-0.25, -0.2) is 12.7 Å². The van der Waals surface area contributed by atoms with E-state index in [1.807, 2.05) is 0 Å². The van der Waals surface area contributed by atoms with Gasteiger partial charge in [-0.15, -0.1) is 0 Å². The van der Waals surface area contributed by atoms with E-state index in [0.717, 1.165) is 32.4 Å². The van der Waals surface area contributed by atoms with Crippen LogP contribution in [0.3, 0.4) is 0 Å². The summed E-state index contributed by atoms with van der Waals surface area (Å²) in [6, 6.07) is 0. The van der Waals surface area contributed by atoms with Crippen molar-refractivity contribution in [1.82, 2.24) is 9.62 Å². The summed E-state index contributed by atoms with van der Waals surface area (Å²) in [6.07, 6.45) is 2.81. The Hall–Kier alpha value is -0.130. The Morgan fingerprint density at radius 1 is 1.19 bits per heavy atom. The Morgan fingerprint density at radius 2 is 1.88 bits per heavy atom. The van der Waals surface area contributed by atoms with Gasteiger partial charge in [-0.1, -0.05) is 26.7 Å². The predicted molar refractivity (Wildman–Crippen MR) is 66.9 cm³/mol. The second-order valence-electron chi connectivity index (χ2n) is 4.46. The van der Waals surface area contributed by atoms with Gasteiger partial charge in [-0.3, -0.25) is 0 Å². The molecule has 1 heterocycles. The summed E-state index contributed by atoms with van der Waals surface area (Å²) in [4.78, 5) is 0. The number of hydrogen-bond donors (Lipinski definition) is 1. The first-order valence-corrected chi connectivity index (χ1v) is 7.89. The van der Waals surface area contributed by atoms with Crippen LogP contribution in [-0.4, -0.2) is 44.7 Å². The molecule has 1 rings (SSSR count). The second kappa shape index (κ2) is 6.57. The van der Waals surface area contributed by atoms with Crippen LogP contribution in [0.2, 0.25) is 0 Å². The number of nitrogens with zero attached hydrogens (tertiary/aromatic N) is 1. The molecule has 0 aromatic carbocycles. The van der Waals surface area contributed by atoms with Crippen LogP contribution in [0.4, 0.5) is 0 Å². The minimum atomic E-state index is -3.04. The van der Waals surface area contributed by atoms with Crippen molar-refractivity contribution in [2.24, 2.45) is 5.92 Å². The lowest BCUT2D eigenvalue weighted by atomic mass is 10.1. The van der Waals surface area contributed by atoms with Crippen molar-refractivity contribution in [1.29, 1.82) is 0 Å². The fraction of sp³-hybridized carbons (Fsp3) is 1.00. The molecular weight excluding hydrogens is 224 g/mol. The van der Waals surface area contributed by atoms with Gasteiger partial charge in [0.1, 0.15) is 0 Å². The third-order valence-electron chi connectivity index (χ3n) is 3.29. The van der Waals surface area contributed by atoms with Gasteiger partial charge in [0.15, 0.2) is 0 Å². The molecule has 0 aromatic heterocycles. The predicted octanol–water partition coefficient (Wildman–Crippen LogP) is 1.05. The van der Waals surface area contributed by atoms with Gasteiger partial charge in [-0.05, 0) is 18.9 Å². The van der Waals surface area contributed by atoms with E-state index in [0.29, 0.717) is 24.8 Å². The lowest BCUT2D eigenvalue weighted by molar-refractivity contribution is 0.419. The van der Waals surface area contributed by atoms with Crippen LogP contribution < -0.4 is 5.32 Å². The van der Waals surface area contributed by atoms with E-state index in [2.05, 4.69) is 19.2 Å². The molecule has 0 radical (unpaired) electrons. The van der Waals surface area contributed by atoms with E-state index >= 15 is 0 Å². The van der Waals surface area contributed by atoms with Crippen LogP contribution in [0.15, 0.2) is 0 Å². The summed E-state index contributed by atoms with van der Waals surface area (Å²) in [5.74, 6) is 0.626. The highest BCUT2D eigenvalue weighted by molar-refractivity contribution is 7.89. The first-order valence-electron chi connectivity index (χ1n) is 6.28. The van der Waals surface area contributed by atoms with Crippen LogP contribution in [-0.2, 0) is 10.0 Å². The molecule has 0 spiro atoms. The minimum absolute atomic E-state index is 0.307. The fourth-order valence-corrected chi connectivity index (χ4v) is 4.08. The third-order valence-corrected chi connectivity index (χ3v) is 5.34. The monoisotopic (exact) mass is 248 g/mol. The summed E-state index contributed by atoms with van der Waals surface area (Å²) in [5.41, 5.74) is 0. The highest BCUT2D eigenvalue weighted by Gasteiger charge is 2.25. The lowest BCUT2D eigenvalue weighted by Crippen LogP contribution is -2.37. The van der Waals surface area contributed by atoms with Gasteiger partial charge in [0.05, 0.1) is 5.75 Å². The summed E-state index contributed by atoms with van der Waals surface area (Å²) < 4.78 is 26.0. The molecule has 0 aromatic rings. The molecule has 1 aliphatic heterocycles. The molecule has 0 bridgehead atoms. The molecule has 0 amide bonds. The topological polar surface area (TPSA) is 49.4 Å². The van der Waals surface area contributed by atoms with Gasteiger partial charge in [-0.2, -0.15) is 0 Å². The summed E-state index contributed by atoms with van der Waals surface area (Å²) in [7, 11) is -3.04. The molecule has 1 aliphatic rings. The molecule has 96 valence electrons. The summed E-state index contributed by atoms with van der Waals surface area (Å²) in [5, 5.41) is 3.22. The molecule has 1 saturated heterocycles. The molecule has 16 heavy (non-hydrogen) atoms. The van der Waals surface area contributed by atoms with Crippen molar-refractivity contribution in [3.8, 4) is 0 Å². The van der Waals surface area contributed by atoms with E-state index in [1.54, 1.807) is 4.31 Å². The zero-order valence-corrected chi connectivity index (χ0v) is 11.2. The molecule has 0 saturated carbocycles. The van der Waals surface area contributed by atoms with Crippen LogP contribution in [0.25, 0.3) is 0 Å². The maximum absolute atomic E-state index is 12.2. The van der Waals surface area contributed by atoms with Crippen molar-refractivity contribution < 1.29 is 8.42 Å². The van der Waals surface area contributed by atoms with Crippen molar-refractivity contribution in [2.45, 2.75) is 33.1 Å². The fourth-order valence-electron chi connectivity index (χ4n) is 2.03. The highest BCUT2D eigenvalue weighted by Crippen LogP contribution is 2.14. The number of nitrogens with one attached hydrogen (secondary N) is 1. The van der Waals surface area contributed by atoms with Crippen molar-refractivity contribution in [2.75, 3.05) is 31.9 Å². The van der Waals surface area contributed by atoms with Gasteiger partial charge in [0.2, 0.25) is 10.0 Å². The molecule has 0 atom stereocenters. The first kappa shape index (κ1) is 13.9. The normalized spacial score (nSPS) is 19.9. The molecular formula is C11H24N2O2S.